The fourth-order valence-electron chi connectivity index (χ4n) is 2.78. The SMILES string of the molecule is Cc1cc(NCCc2cccc(F)c2)nc(N=C(N)Nc2cccc(C(F)(F)F)c2)n1. The number of hydrogen-bond donors (Lipinski definition) is 3. The van der Waals surface area contributed by atoms with Crippen LogP contribution in [0.5, 0.6) is 0 Å². The van der Waals surface area contributed by atoms with Crippen molar-refractivity contribution in [2.24, 2.45) is 10.7 Å². The minimum absolute atomic E-state index is 0.0465. The number of rotatable bonds is 6. The predicted octanol–water partition coefficient (Wildman–Crippen LogP) is 4.66. The highest BCUT2D eigenvalue weighted by Gasteiger charge is 2.30. The Hall–Kier alpha value is -3.69. The van der Waals surface area contributed by atoms with Gasteiger partial charge in [-0.25, -0.2) is 9.37 Å². The Morgan fingerprint density at radius 1 is 1.06 bits per heavy atom. The van der Waals surface area contributed by atoms with Crippen molar-refractivity contribution in [1.29, 1.82) is 0 Å². The fraction of sp³-hybridized carbons (Fsp3) is 0.190. The lowest BCUT2D eigenvalue weighted by Gasteiger charge is -2.10. The summed E-state index contributed by atoms with van der Waals surface area (Å²) in [6, 6.07) is 12.6. The third-order valence-electron chi connectivity index (χ3n) is 4.13. The summed E-state index contributed by atoms with van der Waals surface area (Å²) < 4.78 is 51.8. The van der Waals surface area contributed by atoms with Gasteiger partial charge in [0.1, 0.15) is 11.6 Å². The molecular weight excluding hydrogens is 412 g/mol. The standard InChI is InChI=1S/C21H20F4N6/c1-13-10-18(27-9-8-14-4-2-6-16(22)11-14)30-20(28-13)31-19(26)29-17-7-3-5-15(12-17)21(23,24)25/h2-7,10-12H,8-9H2,1H3,(H4,26,27,28,29,30,31). The second-order valence-corrected chi connectivity index (χ2v) is 6.70. The number of nitrogens with two attached hydrogens (primary N) is 1. The molecule has 0 atom stereocenters. The molecule has 0 aliphatic rings. The summed E-state index contributed by atoms with van der Waals surface area (Å²) in [5.41, 5.74) is 6.60. The van der Waals surface area contributed by atoms with E-state index >= 15 is 0 Å². The van der Waals surface area contributed by atoms with E-state index in [0.29, 0.717) is 24.5 Å². The smallest absolute Gasteiger partial charge is 0.370 e. The first-order chi connectivity index (χ1) is 14.7. The van der Waals surface area contributed by atoms with Crippen molar-refractivity contribution in [3.05, 3.63) is 77.2 Å². The molecule has 0 radical (unpaired) electrons. The van der Waals surface area contributed by atoms with Gasteiger partial charge in [-0.2, -0.15) is 23.1 Å². The molecule has 0 spiro atoms. The Kier molecular flexibility index (Phi) is 6.68. The van der Waals surface area contributed by atoms with Crippen LogP contribution in [0.4, 0.5) is 35.0 Å². The third-order valence-corrected chi connectivity index (χ3v) is 4.13. The number of alkyl halides is 3. The van der Waals surface area contributed by atoms with Crippen LogP contribution < -0.4 is 16.4 Å². The molecule has 3 rings (SSSR count). The van der Waals surface area contributed by atoms with E-state index in [0.717, 1.165) is 17.7 Å². The van der Waals surface area contributed by atoms with Gasteiger partial charge < -0.3 is 16.4 Å². The van der Waals surface area contributed by atoms with Crippen LogP contribution >= 0.6 is 0 Å². The van der Waals surface area contributed by atoms with Crippen molar-refractivity contribution in [1.82, 2.24) is 9.97 Å². The van der Waals surface area contributed by atoms with E-state index in [2.05, 4.69) is 25.6 Å². The second-order valence-electron chi connectivity index (χ2n) is 6.70. The average molecular weight is 432 g/mol. The maximum atomic E-state index is 13.3. The lowest BCUT2D eigenvalue weighted by atomic mass is 10.1. The number of benzene rings is 2. The van der Waals surface area contributed by atoms with Gasteiger partial charge >= 0.3 is 6.18 Å². The summed E-state index contributed by atoms with van der Waals surface area (Å²) in [7, 11) is 0. The van der Waals surface area contributed by atoms with E-state index in [4.69, 9.17) is 5.73 Å². The van der Waals surface area contributed by atoms with Gasteiger partial charge in [0.05, 0.1) is 5.56 Å². The Morgan fingerprint density at radius 3 is 2.58 bits per heavy atom. The minimum Gasteiger partial charge on any atom is -0.370 e. The van der Waals surface area contributed by atoms with Gasteiger partial charge in [-0.1, -0.05) is 18.2 Å². The summed E-state index contributed by atoms with van der Waals surface area (Å²) in [6.45, 7) is 2.25. The number of anilines is 2. The normalized spacial score (nSPS) is 12.0. The van der Waals surface area contributed by atoms with E-state index in [1.54, 1.807) is 19.1 Å². The van der Waals surface area contributed by atoms with Crippen molar-refractivity contribution in [3.8, 4) is 0 Å². The summed E-state index contributed by atoms with van der Waals surface area (Å²) >= 11 is 0. The third kappa shape index (κ3) is 6.66. The molecule has 0 bridgehead atoms. The number of guanidine groups is 1. The first-order valence-electron chi connectivity index (χ1n) is 9.31. The predicted molar refractivity (Wildman–Crippen MR) is 112 cm³/mol. The lowest BCUT2D eigenvalue weighted by Crippen LogP contribution is -2.22. The number of nitrogens with zero attached hydrogens (tertiary/aromatic N) is 3. The Balaban J connectivity index is 1.67. The van der Waals surface area contributed by atoms with Gasteiger partial charge in [-0.3, -0.25) is 0 Å². The Bertz CT molecular complexity index is 1080. The molecule has 0 unspecified atom stereocenters. The highest BCUT2D eigenvalue weighted by Crippen LogP contribution is 2.30. The van der Waals surface area contributed by atoms with E-state index in [1.165, 1.54) is 24.3 Å². The molecule has 0 amide bonds. The molecule has 31 heavy (non-hydrogen) atoms. The topological polar surface area (TPSA) is 88.2 Å². The molecule has 1 heterocycles. The zero-order chi connectivity index (χ0) is 22.4. The molecule has 10 heteroatoms. The molecule has 1 aromatic heterocycles. The van der Waals surface area contributed by atoms with Crippen LogP contribution in [-0.4, -0.2) is 22.5 Å². The molecule has 2 aromatic carbocycles. The van der Waals surface area contributed by atoms with E-state index < -0.39 is 11.7 Å². The summed E-state index contributed by atoms with van der Waals surface area (Å²) in [4.78, 5) is 12.4. The molecule has 3 aromatic rings. The Labute approximate surface area is 176 Å². The van der Waals surface area contributed by atoms with E-state index in [9.17, 15) is 17.6 Å². The van der Waals surface area contributed by atoms with Gasteiger partial charge in [0.15, 0.2) is 0 Å². The van der Waals surface area contributed by atoms with Gasteiger partial charge in [-0.15, -0.1) is 0 Å². The van der Waals surface area contributed by atoms with Crippen LogP contribution in [0, 0.1) is 12.7 Å². The van der Waals surface area contributed by atoms with Crippen LogP contribution in [0.15, 0.2) is 59.6 Å². The summed E-state index contributed by atoms with van der Waals surface area (Å²) in [6.07, 6.45) is -3.88. The minimum atomic E-state index is -4.46. The summed E-state index contributed by atoms with van der Waals surface area (Å²) in [5, 5.41) is 5.72. The molecule has 0 saturated carbocycles. The first-order valence-corrected chi connectivity index (χ1v) is 9.31. The molecule has 0 aliphatic heterocycles. The number of halogens is 4. The maximum absolute atomic E-state index is 13.3. The van der Waals surface area contributed by atoms with E-state index in [1.807, 2.05) is 6.07 Å². The molecule has 4 N–H and O–H groups in total. The molecule has 0 fully saturated rings. The number of aliphatic imine (C=N–C) groups is 1. The highest BCUT2D eigenvalue weighted by atomic mass is 19.4. The lowest BCUT2D eigenvalue weighted by molar-refractivity contribution is -0.137. The van der Waals surface area contributed by atoms with Crippen molar-refractivity contribution >= 4 is 23.4 Å². The average Bonchev–Trinajstić information content (AvgIpc) is 2.67. The quantitative estimate of drug-likeness (QED) is 0.300. The largest absolute Gasteiger partial charge is 0.416 e. The van der Waals surface area contributed by atoms with E-state index in [-0.39, 0.29) is 23.4 Å². The van der Waals surface area contributed by atoms with Crippen molar-refractivity contribution in [2.75, 3.05) is 17.2 Å². The van der Waals surface area contributed by atoms with Crippen molar-refractivity contribution in [3.63, 3.8) is 0 Å². The monoisotopic (exact) mass is 432 g/mol. The van der Waals surface area contributed by atoms with Crippen molar-refractivity contribution in [2.45, 2.75) is 19.5 Å². The molecule has 0 aliphatic carbocycles. The van der Waals surface area contributed by atoms with Crippen LogP contribution in [0.25, 0.3) is 0 Å². The molecule has 0 saturated heterocycles. The number of nitrogens with one attached hydrogen (secondary N) is 2. The van der Waals surface area contributed by atoms with Gasteiger partial charge in [0.2, 0.25) is 5.96 Å². The number of aromatic nitrogens is 2. The van der Waals surface area contributed by atoms with Crippen LogP contribution in [-0.2, 0) is 12.6 Å². The van der Waals surface area contributed by atoms with Crippen LogP contribution in [0.2, 0.25) is 0 Å². The van der Waals surface area contributed by atoms with Crippen molar-refractivity contribution < 1.29 is 17.6 Å². The van der Waals surface area contributed by atoms with Gasteiger partial charge in [-0.05, 0) is 49.2 Å². The maximum Gasteiger partial charge on any atom is 0.416 e. The zero-order valence-corrected chi connectivity index (χ0v) is 16.5. The number of hydrogen-bond acceptors (Lipinski definition) is 4. The fourth-order valence-corrected chi connectivity index (χ4v) is 2.78. The van der Waals surface area contributed by atoms with Crippen LogP contribution in [0.1, 0.15) is 16.8 Å². The zero-order valence-electron chi connectivity index (χ0n) is 16.5. The first kappa shape index (κ1) is 22.0. The second kappa shape index (κ2) is 9.41. The van der Waals surface area contributed by atoms with Gasteiger partial charge in [0, 0.05) is 24.0 Å². The van der Waals surface area contributed by atoms with Gasteiger partial charge in [0.25, 0.3) is 5.95 Å². The highest BCUT2D eigenvalue weighted by molar-refractivity contribution is 5.93. The van der Waals surface area contributed by atoms with Crippen LogP contribution in [0.3, 0.4) is 0 Å². The number of aryl methyl sites for hydroxylation is 1. The molecule has 162 valence electrons. The Morgan fingerprint density at radius 2 is 1.84 bits per heavy atom. The molecular formula is C21H20F4N6. The summed E-state index contributed by atoms with van der Waals surface area (Å²) in [5.74, 6) is 0.0890. The molecule has 6 nitrogen and oxygen atoms in total.